The molecule has 40 heavy (non-hydrogen) atoms. The third-order valence-electron chi connectivity index (χ3n) is 5.23. The van der Waals surface area contributed by atoms with Gasteiger partial charge in [-0.2, -0.15) is 39.5 Å². The molecule has 1 heterocycles. The summed E-state index contributed by atoms with van der Waals surface area (Å²) in [6, 6.07) is 3.92. The van der Waals surface area contributed by atoms with Gasteiger partial charge in [0.15, 0.2) is 5.13 Å². The van der Waals surface area contributed by atoms with Crippen molar-refractivity contribution in [2.24, 2.45) is 0 Å². The van der Waals surface area contributed by atoms with E-state index < -0.39 is 74.9 Å². The molecule has 0 unspecified atom stereocenters. The monoisotopic (exact) mass is 669 g/mol. The minimum absolute atomic E-state index is 0.195. The molecule has 0 spiro atoms. The van der Waals surface area contributed by atoms with Gasteiger partial charge in [0.05, 0.1) is 16.8 Å². The normalized spacial score (nSPS) is 12.8. The van der Waals surface area contributed by atoms with Crippen molar-refractivity contribution in [1.29, 1.82) is 0 Å². The summed E-state index contributed by atoms with van der Waals surface area (Å²) in [5.74, 6) is -3.21. The van der Waals surface area contributed by atoms with Crippen LogP contribution in [0.2, 0.25) is 0 Å². The Bertz CT molecular complexity index is 1440. The summed E-state index contributed by atoms with van der Waals surface area (Å²) in [6.45, 7) is 0. The van der Waals surface area contributed by atoms with Gasteiger partial charge in [-0.25, -0.2) is 13.8 Å². The summed E-state index contributed by atoms with van der Waals surface area (Å²) in [7, 11) is 1.15. The van der Waals surface area contributed by atoms with Crippen LogP contribution >= 0.6 is 27.3 Å². The van der Waals surface area contributed by atoms with Crippen LogP contribution in [0.3, 0.4) is 0 Å². The average molecular weight is 670 g/mol. The molecule has 1 N–H and O–H groups in total. The number of rotatable bonds is 5. The second kappa shape index (κ2) is 10.6. The van der Waals surface area contributed by atoms with Crippen molar-refractivity contribution in [2.75, 3.05) is 17.3 Å². The fourth-order valence-electron chi connectivity index (χ4n) is 3.25. The molecular formula is C22H11BrF11N3O2S. The Morgan fingerprint density at radius 3 is 2.05 bits per heavy atom. The zero-order chi connectivity index (χ0) is 30.4. The highest BCUT2D eigenvalue weighted by atomic mass is 79.9. The number of hydrogen-bond acceptors (Lipinski definition) is 4. The largest absolute Gasteiger partial charge is 0.435 e. The molecule has 3 rings (SSSR count). The number of nitrogens with zero attached hydrogens (tertiary/aromatic N) is 2. The van der Waals surface area contributed by atoms with Crippen LogP contribution in [-0.2, 0) is 11.8 Å². The molecule has 0 fully saturated rings. The van der Waals surface area contributed by atoms with Crippen LogP contribution in [0.1, 0.15) is 32.0 Å². The average Bonchev–Trinajstić information content (AvgIpc) is 3.32. The van der Waals surface area contributed by atoms with Gasteiger partial charge in [-0.3, -0.25) is 14.5 Å². The standard InChI is InChI=1S/C22H11BrF11N3O2S/c1-37(17(39)10-4-2-3-5-13(10)24)18-35-14(8-40-18)16(38)36-15-11(20(26,27)28)6-9(7-12(15)23)19(25,21(29,30)31)22(32,33)34/h2-8H,1H3,(H,36,38). The molecule has 0 aliphatic carbocycles. The van der Waals surface area contributed by atoms with E-state index in [4.69, 9.17) is 0 Å². The van der Waals surface area contributed by atoms with E-state index in [0.29, 0.717) is 11.3 Å². The summed E-state index contributed by atoms with van der Waals surface area (Å²) < 4.78 is 147. The van der Waals surface area contributed by atoms with Crippen LogP contribution < -0.4 is 10.2 Å². The highest BCUT2D eigenvalue weighted by molar-refractivity contribution is 9.10. The van der Waals surface area contributed by atoms with Gasteiger partial charge >= 0.3 is 24.2 Å². The molecule has 216 valence electrons. The van der Waals surface area contributed by atoms with Crippen LogP contribution in [0.15, 0.2) is 46.3 Å². The lowest BCUT2D eigenvalue weighted by molar-refractivity contribution is -0.348. The number of nitrogens with one attached hydrogen (secondary N) is 1. The van der Waals surface area contributed by atoms with Gasteiger partial charge in [0.2, 0.25) is 0 Å². The predicted octanol–water partition coefficient (Wildman–Crippen LogP) is 7.88. The van der Waals surface area contributed by atoms with Crippen molar-refractivity contribution in [1.82, 2.24) is 4.98 Å². The van der Waals surface area contributed by atoms with Crippen molar-refractivity contribution < 1.29 is 57.9 Å². The molecule has 0 aliphatic rings. The molecule has 1 aromatic heterocycles. The fraction of sp³-hybridized carbons (Fsp3) is 0.227. The minimum atomic E-state index is -6.69. The van der Waals surface area contributed by atoms with Crippen LogP contribution in [0, 0.1) is 5.82 Å². The molecule has 5 nitrogen and oxygen atoms in total. The first kappa shape index (κ1) is 31.3. The Kier molecular flexibility index (Phi) is 8.29. The third-order valence-corrected chi connectivity index (χ3v) is 6.78. The zero-order valence-electron chi connectivity index (χ0n) is 19.2. The van der Waals surface area contributed by atoms with Crippen LogP contribution in [-0.4, -0.2) is 36.2 Å². The number of anilines is 2. The summed E-state index contributed by atoms with van der Waals surface area (Å²) >= 11 is 3.00. The lowest BCUT2D eigenvalue weighted by Crippen LogP contribution is -2.50. The first-order valence-corrected chi connectivity index (χ1v) is 11.9. The lowest BCUT2D eigenvalue weighted by atomic mass is 9.92. The van der Waals surface area contributed by atoms with E-state index in [1.54, 1.807) is 5.32 Å². The number of halogens is 12. The van der Waals surface area contributed by atoms with Crippen molar-refractivity contribution in [2.45, 2.75) is 24.2 Å². The van der Waals surface area contributed by atoms with Gasteiger partial charge in [-0.15, -0.1) is 11.3 Å². The van der Waals surface area contributed by atoms with Crippen molar-refractivity contribution in [3.8, 4) is 0 Å². The SMILES string of the molecule is CN(C(=O)c1ccccc1F)c1nc(C(=O)Nc2c(Br)cc(C(F)(C(F)(F)F)C(F)(F)F)cc2C(F)(F)F)cs1. The van der Waals surface area contributed by atoms with Gasteiger partial charge in [-0.1, -0.05) is 12.1 Å². The van der Waals surface area contributed by atoms with Crippen LogP contribution in [0.4, 0.5) is 59.1 Å². The Balaban J connectivity index is 1.99. The number of thiazole rings is 1. The molecule has 0 atom stereocenters. The van der Waals surface area contributed by atoms with E-state index in [1.807, 2.05) is 0 Å². The highest BCUT2D eigenvalue weighted by Gasteiger charge is 2.73. The maximum atomic E-state index is 14.4. The number of hydrogen-bond donors (Lipinski definition) is 1. The molecule has 0 aliphatic heterocycles. The maximum Gasteiger partial charge on any atom is 0.435 e. The minimum Gasteiger partial charge on any atom is -0.319 e. The molecule has 18 heteroatoms. The Hall–Kier alpha value is -3.28. The maximum absolute atomic E-state index is 14.4. The number of amides is 2. The number of benzene rings is 2. The lowest BCUT2D eigenvalue weighted by Gasteiger charge is -2.31. The van der Waals surface area contributed by atoms with Crippen molar-refractivity contribution in [3.63, 3.8) is 0 Å². The van der Waals surface area contributed by atoms with Crippen molar-refractivity contribution >= 4 is 49.9 Å². The quantitative estimate of drug-likeness (QED) is 0.281. The fourth-order valence-corrected chi connectivity index (χ4v) is 4.57. The Morgan fingerprint density at radius 1 is 0.950 bits per heavy atom. The molecule has 0 radical (unpaired) electrons. The number of aromatic nitrogens is 1. The summed E-state index contributed by atoms with van der Waals surface area (Å²) in [6.07, 6.45) is -19.1. The number of carbonyl (C=O) groups is 2. The second-order valence-corrected chi connectivity index (χ2v) is 9.54. The van der Waals surface area contributed by atoms with E-state index in [9.17, 15) is 57.9 Å². The first-order chi connectivity index (χ1) is 18.2. The molecule has 3 aromatic rings. The predicted molar refractivity (Wildman–Crippen MR) is 123 cm³/mol. The summed E-state index contributed by atoms with van der Waals surface area (Å²) in [5, 5.41) is 2.41. The molecule has 2 aromatic carbocycles. The Labute approximate surface area is 228 Å². The van der Waals surface area contributed by atoms with E-state index in [-0.39, 0.29) is 16.8 Å². The molecule has 0 bridgehead atoms. The van der Waals surface area contributed by atoms with E-state index in [2.05, 4.69) is 20.9 Å². The van der Waals surface area contributed by atoms with Crippen molar-refractivity contribution in [3.05, 3.63) is 74.5 Å². The summed E-state index contributed by atoms with van der Waals surface area (Å²) in [5.41, 5.74) is -13.2. The van der Waals surface area contributed by atoms with Gasteiger partial charge in [0.1, 0.15) is 11.5 Å². The number of alkyl halides is 10. The number of carbonyl (C=O) groups excluding carboxylic acids is 2. The van der Waals surface area contributed by atoms with E-state index >= 15 is 0 Å². The Morgan fingerprint density at radius 2 is 1.52 bits per heavy atom. The van der Waals surface area contributed by atoms with Gasteiger partial charge in [0.25, 0.3) is 11.8 Å². The zero-order valence-corrected chi connectivity index (χ0v) is 21.6. The molecular weight excluding hydrogens is 659 g/mol. The van der Waals surface area contributed by atoms with Crippen LogP contribution in [0.25, 0.3) is 0 Å². The topological polar surface area (TPSA) is 62.3 Å². The van der Waals surface area contributed by atoms with Gasteiger partial charge < -0.3 is 5.32 Å². The molecule has 0 saturated heterocycles. The first-order valence-electron chi connectivity index (χ1n) is 10.2. The van der Waals surface area contributed by atoms with Gasteiger partial charge in [-0.05, 0) is 40.2 Å². The third kappa shape index (κ3) is 5.77. The van der Waals surface area contributed by atoms with Crippen LogP contribution in [0.5, 0.6) is 0 Å². The van der Waals surface area contributed by atoms with E-state index in [0.717, 1.165) is 29.5 Å². The highest BCUT2D eigenvalue weighted by Crippen LogP contribution is 2.55. The van der Waals surface area contributed by atoms with Gasteiger partial charge in [0, 0.05) is 22.5 Å². The second-order valence-electron chi connectivity index (χ2n) is 7.85. The molecule has 2 amide bonds. The summed E-state index contributed by atoms with van der Waals surface area (Å²) in [4.78, 5) is 29.7. The molecule has 0 saturated carbocycles. The van der Waals surface area contributed by atoms with E-state index in [1.165, 1.54) is 12.1 Å². The smallest absolute Gasteiger partial charge is 0.319 e.